The van der Waals surface area contributed by atoms with Crippen LogP contribution in [0.3, 0.4) is 0 Å². The third-order valence-corrected chi connectivity index (χ3v) is 4.71. The number of benzene rings is 2. The molecule has 3 nitrogen and oxygen atoms in total. The van der Waals surface area contributed by atoms with Crippen molar-refractivity contribution in [3.8, 4) is 0 Å². The summed E-state index contributed by atoms with van der Waals surface area (Å²) in [6.45, 7) is 11.7. The third-order valence-electron chi connectivity index (χ3n) is 4.38. The molecule has 4 heteroatoms. The number of aryl methyl sites for hydroxylation is 2. The summed E-state index contributed by atoms with van der Waals surface area (Å²) in [4.78, 5) is 16.5. The van der Waals surface area contributed by atoms with Crippen LogP contribution in [0, 0.1) is 13.8 Å². The van der Waals surface area contributed by atoms with Crippen LogP contribution < -0.4 is 5.32 Å². The van der Waals surface area contributed by atoms with Gasteiger partial charge in [-0.3, -0.25) is 9.79 Å². The zero-order chi connectivity index (χ0) is 20.0. The van der Waals surface area contributed by atoms with E-state index in [1.54, 1.807) is 24.3 Å². The Hall–Kier alpha value is -2.65. The molecule has 0 aromatic heterocycles. The van der Waals surface area contributed by atoms with Gasteiger partial charge in [0.2, 0.25) is 0 Å². The maximum atomic E-state index is 12.4. The lowest BCUT2D eigenvalue weighted by Gasteiger charge is -2.13. The van der Waals surface area contributed by atoms with E-state index in [1.165, 1.54) is 5.56 Å². The molecule has 0 aliphatic rings. The molecular formula is C23H25ClN2O. The molecule has 0 fully saturated rings. The lowest BCUT2D eigenvalue weighted by Crippen LogP contribution is -2.31. The number of nitrogens with zero attached hydrogens (tertiary/aromatic N) is 1. The lowest BCUT2D eigenvalue weighted by molar-refractivity contribution is 0.0947. The molecular weight excluding hydrogens is 356 g/mol. The van der Waals surface area contributed by atoms with Gasteiger partial charge >= 0.3 is 0 Å². The van der Waals surface area contributed by atoms with Crippen molar-refractivity contribution >= 4 is 35.5 Å². The molecule has 0 saturated carbocycles. The Morgan fingerprint density at radius 3 is 2.52 bits per heavy atom. The van der Waals surface area contributed by atoms with Crippen LogP contribution in [0.2, 0.25) is 5.02 Å². The fourth-order valence-electron chi connectivity index (χ4n) is 2.89. The summed E-state index contributed by atoms with van der Waals surface area (Å²) < 4.78 is 0. The Morgan fingerprint density at radius 1 is 1.19 bits per heavy atom. The summed E-state index contributed by atoms with van der Waals surface area (Å²) in [6, 6.07) is 11.0. The van der Waals surface area contributed by atoms with E-state index < -0.39 is 0 Å². The highest BCUT2D eigenvalue weighted by molar-refractivity contribution is 6.33. The van der Waals surface area contributed by atoms with E-state index in [4.69, 9.17) is 11.6 Å². The number of allylic oxidation sites excluding steroid dienone is 3. The summed E-state index contributed by atoms with van der Waals surface area (Å²) in [6.07, 6.45) is 6.02. The second kappa shape index (κ2) is 9.33. The standard InChI is InChI=1S/C23H25ClN2O/c1-6-18(20-14-22(25-5)16(3)13-15(20)2)12-11-17(4)26-23(27)19-9-7-8-10-21(19)24/h6-14,17H,5H2,1-4H3,(H,26,27). The molecule has 1 atom stereocenters. The number of rotatable bonds is 6. The van der Waals surface area contributed by atoms with Gasteiger partial charge in [-0.2, -0.15) is 0 Å². The van der Waals surface area contributed by atoms with Gasteiger partial charge < -0.3 is 5.32 Å². The third kappa shape index (κ3) is 5.18. The molecule has 0 spiro atoms. The van der Waals surface area contributed by atoms with Crippen LogP contribution in [0.15, 0.2) is 59.6 Å². The predicted octanol–water partition coefficient (Wildman–Crippen LogP) is 6.07. The maximum absolute atomic E-state index is 12.4. The Labute approximate surface area is 166 Å². The zero-order valence-electron chi connectivity index (χ0n) is 16.2. The molecule has 1 N–H and O–H groups in total. The van der Waals surface area contributed by atoms with Crippen LogP contribution in [-0.4, -0.2) is 18.7 Å². The molecule has 1 unspecified atom stereocenters. The van der Waals surface area contributed by atoms with Gasteiger partial charge in [-0.25, -0.2) is 0 Å². The molecule has 0 radical (unpaired) electrons. The van der Waals surface area contributed by atoms with Crippen LogP contribution >= 0.6 is 11.6 Å². The van der Waals surface area contributed by atoms with E-state index in [-0.39, 0.29) is 11.9 Å². The summed E-state index contributed by atoms with van der Waals surface area (Å²) in [5.41, 5.74) is 5.80. The first-order chi connectivity index (χ1) is 12.9. The fourth-order valence-corrected chi connectivity index (χ4v) is 3.11. The largest absolute Gasteiger partial charge is 0.346 e. The lowest BCUT2D eigenvalue weighted by atomic mass is 9.96. The quantitative estimate of drug-likeness (QED) is 0.479. The molecule has 0 saturated heterocycles. The van der Waals surface area contributed by atoms with Gasteiger partial charge in [-0.15, -0.1) is 0 Å². The SMILES string of the molecule is C=Nc1cc(C(C=CC(C)NC(=O)c2ccccc2Cl)=CC)c(C)cc1C. The van der Waals surface area contributed by atoms with E-state index in [2.05, 4.69) is 30.0 Å². The van der Waals surface area contributed by atoms with Gasteiger partial charge in [0.25, 0.3) is 5.91 Å². The Balaban J connectivity index is 2.17. The van der Waals surface area contributed by atoms with Gasteiger partial charge in [-0.1, -0.05) is 48.0 Å². The maximum Gasteiger partial charge on any atom is 0.253 e. The van der Waals surface area contributed by atoms with Crippen LogP contribution in [0.5, 0.6) is 0 Å². The van der Waals surface area contributed by atoms with Crippen molar-refractivity contribution in [2.75, 3.05) is 0 Å². The first-order valence-corrected chi connectivity index (χ1v) is 9.23. The molecule has 27 heavy (non-hydrogen) atoms. The van der Waals surface area contributed by atoms with Crippen molar-refractivity contribution in [2.45, 2.75) is 33.7 Å². The van der Waals surface area contributed by atoms with Gasteiger partial charge in [0, 0.05) is 6.04 Å². The number of nitrogens with one attached hydrogen (secondary N) is 1. The molecule has 1 amide bonds. The minimum Gasteiger partial charge on any atom is -0.346 e. The number of aliphatic imine (C=N–C) groups is 1. The van der Waals surface area contributed by atoms with E-state index in [0.717, 1.165) is 22.4 Å². The monoisotopic (exact) mass is 380 g/mol. The van der Waals surface area contributed by atoms with Gasteiger partial charge in [0.15, 0.2) is 0 Å². The number of hydrogen-bond acceptors (Lipinski definition) is 2. The first-order valence-electron chi connectivity index (χ1n) is 8.85. The Bertz CT molecular complexity index is 913. The van der Waals surface area contributed by atoms with E-state index in [0.29, 0.717) is 10.6 Å². The summed E-state index contributed by atoms with van der Waals surface area (Å²) in [5.74, 6) is -0.190. The normalized spacial score (nSPS) is 12.9. The summed E-state index contributed by atoms with van der Waals surface area (Å²) in [5, 5.41) is 3.39. The van der Waals surface area contributed by atoms with E-state index in [1.807, 2.05) is 45.1 Å². The van der Waals surface area contributed by atoms with Crippen molar-refractivity contribution < 1.29 is 4.79 Å². The predicted molar refractivity (Wildman–Crippen MR) is 116 cm³/mol. The number of hydrogen-bond donors (Lipinski definition) is 1. The molecule has 2 aromatic carbocycles. The van der Waals surface area contributed by atoms with Crippen LogP contribution in [-0.2, 0) is 0 Å². The average molecular weight is 381 g/mol. The topological polar surface area (TPSA) is 41.5 Å². The molecule has 2 aromatic rings. The molecule has 0 heterocycles. The zero-order valence-corrected chi connectivity index (χ0v) is 17.0. The fraction of sp³-hybridized carbons (Fsp3) is 0.217. The van der Waals surface area contributed by atoms with Gasteiger partial charge in [0.05, 0.1) is 16.3 Å². The Morgan fingerprint density at radius 2 is 1.89 bits per heavy atom. The Kier molecular flexibility index (Phi) is 7.14. The van der Waals surface area contributed by atoms with Crippen molar-refractivity contribution in [3.63, 3.8) is 0 Å². The summed E-state index contributed by atoms with van der Waals surface area (Å²) in [7, 11) is 0. The number of carbonyl (C=O) groups excluding carboxylic acids is 1. The number of amides is 1. The molecule has 2 rings (SSSR count). The van der Waals surface area contributed by atoms with Crippen molar-refractivity contribution in [2.24, 2.45) is 4.99 Å². The number of carbonyl (C=O) groups is 1. The van der Waals surface area contributed by atoms with Crippen LogP contribution in [0.1, 0.15) is 40.9 Å². The molecule has 0 aliphatic heterocycles. The highest BCUT2D eigenvalue weighted by Crippen LogP contribution is 2.28. The highest BCUT2D eigenvalue weighted by atomic mass is 35.5. The van der Waals surface area contributed by atoms with Gasteiger partial charge in [0.1, 0.15) is 0 Å². The van der Waals surface area contributed by atoms with Gasteiger partial charge in [-0.05, 0) is 74.9 Å². The smallest absolute Gasteiger partial charge is 0.253 e. The van der Waals surface area contributed by atoms with E-state index >= 15 is 0 Å². The minimum absolute atomic E-state index is 0.147. The minimum atomic E-state index is -0.190. The van der Waals surface area contributed by atoms with E-state index in [9.17, 15) is 4.79 Å². The second-order valence-corrected chi connectivity index (χ2v) is 6.86. The van der Waals surface area contributed by atoms with Crippen LogP contribution in [0.25, 0.3) is 5.57 Å². The van der Waals surface area contributed by atoms with Crippen molar-refractivity contribution in [1.82, 2.24) is 5.32 Å². The second-order valence-electron chi connectivity index (χ2n) is 6.46. The van der Waals surface area contributed by atoms with Crippen molar-refractivity contribution in [1.29, 1.82) is 0 Å². The first kappa shape index (κ1) is 20.7. The highest BCUT2D eigenvalue weighted by Gasteiger charge is 2.11. The van der Waals surface area contributed by atoms with Crippen molar-refractivity contribution in [3.05, 3.63) is 81.9 Å². The number of halogens is 1. The van der Waals surface area contributed by atoms with Crippen LogP contribution in [0.4, 0.5) is 5.69 Å². The summed E-state index contributed by atoms with van der Waals surface area (Å²) >= 11 is 6.09. The average Bonchev–Trinajstić information content (AvgIpc) is 2.63. The molecule has 140 valence electrons. The molecule has 0 bridgehead atoms. The molecule has 0 aliphatic carbocycles.